The van der Waals surface area contributed by atoms with Gasteiger partial charge in [0.2, 0.25) is 21.9 Å². The highest BCUT2D eigenvalue weighted by atomic mass is 32.2. The Morgan fingerprint density at radius 1 is 0.903 bits per heavy atom. The third kappa shape index (κ3) is 4.72. The lowest BCUT2D eigenvalue weighted by Crippen LogP contribution is -2.51. The van der Waals surface area contributed by atoms with E-state index < -0.39 is 10.0 Å². The Labute approximate surface area is 184 Å². The van der Waals surface area contributed by atoms with Crippen LogP contribution in [-0.4, -0.2) is 66.2 Å². The number of carbonyl (C=O) groups is 1. The van der Waals surface area contributed by atoms with Crippen LogP contribution in [-0.2, 0) is 14.8 Å². The van der Waals surface area contributed by atoms with Gasteiger partial charge in [0.1, 0.15) is 0 Å². The molecule has 2 heterocycles. The van der Waals surface area contributed by atoms with Crippen molar-refractivity contribution in [3.8, 4) is 0 Å². The number of rotatable bonds is 6. The Morgan fingerprint density at radius 2 is 1.42 bits per heavy atom. The van der Waals surface area contributed by atoms with Crippen LogP contribution >= 0.6 is 0 Å². The fraction of sp³-hybridized carbons (Fsp3) is 0.500. The number of sulfonamides is 1. The van der Waals surface area contributed by atoms with E-state index in [0.717, 1.165) is 27.8 Å². The zero-order valence-electron chi connectivity index (χ0n) is 18.9. The van der Waals surface area contributed by atoms with E-state index in [2.05, 4.69) is 15.3 Å². The Bertz CT molecular complexity index is 1030. The first-order valence-corrected chi connectivity index (χ1v) is 11.9. The van der Waals surface area contributed by atoms with Crippen molar-refractivity contribution in [2.24, 2.45) is 0 Å². The molecule has 9 heteroatoms. The van der Waals surface area contributed by atoms with Gasteiger partial charge in [0.25, 0.3) is 0 Å². The molecular weight excluding hydrogens is 414 g/mol. The van der Waals surface area contributed by atoms with Crippen molar-refractivity contribution in [3.63, 3.8) is 0 Å². The highest BCUT2D eigenvalue weighted by Crippen LogP contribution is 2.31. The molecule has 1 aromatic carbocycles. The van der Waals surface area contributed by atoms with E-state index in [1.165, 1.54) is 4.31 Å². The fourth-order valence-corrected chi connectivity index (χ4v) is 5.97. The lowest BCUT2D eigenvalue weighted by Gasteiger charge is -2.35. The summed E-state index contributed by atoms with van der Waals surface area (Å²) in [5.41, 5.74) is 4.80. The molecule has 0 radical (unpaired) electrons. The Balaban J connectivity index is 1.63. The van der Waals surface area contributed by atoms with Gasteiger partial charge in [0, 0.05) is 51.5 Å². The van der Waals surface area contributed by atoms with Gasteiger partial charge in [0.05, 0.1) is 4.90 Å². The lowest BCUT2D eigenvalue weighted by molar-refractivity contribution is -0.132. The number of hydrogen-bond acceptors (Lipinski definition) is 6. The summed E-state index contributed by atoms with van der Waals surface area (Å²) < 4.78 is 28.4. The second-order valence-electron chi connectivity index (χ2n) is 7.99. The molecule has 1 aromatic heterocycles. The average molecular weight is 446 g/mol. The summed E-state index contributed by atoms with van der Waals surface area (Å²) in [4.78, 5) is 22.8. The van der Waals surface area contributed by atoms with Crippen LogP contribution in [0.4, 0.5) is 5.95 Å². The van der Waals surface area contributed by atoms with Gasteiger partial charge in [-0.15, -0.1) is 0 Å². The maximum Gasteiger partial charge on any atom is 0.243 e. The predicted molar refractivity (Wildman–Crippen MR) is 121 cm³/mol. The van der Waals surface area contributed by atoms with Crippen LogP contribution < -0.4 is 5.32 Å². The Hall–Kier alpha value is -2.52. The number of nitrogens with one attached hydrogen (secondary N) is 1. The summed E-state index contributed by atoms with van der Waals surface area (Å²) in [5.74, 6) is 0.482. The fourth-order valence-electron chi connectivity index (χ4n) is 3.99. The minimum Gasteiger partial charge on any atom is -0.354 e. The highest BCUT2D eigenvalue weighted by molar-refractivity contribution is 7.89. The van der Waals surface area contributed by atoms with E-state index in [1.54, 1.807) is 23.4 Å². The number of amides is 1. The van der Waals surface area contributed by atoms with Crippen LogP contribution in [0.1, 0.15) is 34.2 Å². The minimum atomic E-state index is -3.62. The van der Waals surface area contributed by atoms with Gasteiger partial charge in [-0.1, -0.05) is 0 Å². The van der Waals surface area contributed by atoms with Crippen molar-refractivity contribution in [1.29, 1.82) is 0 Å². The Morgan fingerprint density at radius 3 is 1.97 bits per heavy atom. The van der Waals surface area contributed by atoms with E-state index in [-0.39, 0.29) is 5.91 Å². The third-order valence-corrected chi connectivity index (χ3v) is 8.48. The molecule has 1 amide bonds. The van der Waals surface area contributed by atoms with Crippen molar-refractivity contribution < 1.29 is 13.2 Å². The van der Waals surface area contributed by atoms with E-state index in [4.69, 9.17) is 0 Å². The molecule has 0 atom stereocenters. The van der Waals surface area contributed by atoms with Crippen molar-refractivity contribution in [3.05, 3.63) is 46.3 Å². The minimum absolute atomic E-state index is 0.00475. The van der Waals surface area contributed by atoms with Crippen LogP contribution in [0, 0.1) is 34.6 Å². The van der Waals surface area contributed by atoms with Gasteiger partial charge >= 0.3 is 0 Å². The standard InChI is InChI=1S/C22H31N5O3S/c1-15-16(2)18(4)21(19(5)17(15)3)31(29,30)27-13-11-26(12-14-27)20(28)7-10-25-22-23-8-6-9-24-22/h6,8-9H,7,10-14H2,1-5H3,(H,23,24,25). The molecule has 1 aliphatic heterocycles. The van der Waals surface area contributed by atoms with Crippen molar-refractivity contribution in [2.75, 3.05) is 38.0 Å². The summed E-state index contributed by atoms with van der Waals surface area (Å²) in [7, 11) is -3.62. The molecule has 0 aliphatic carbocycles. The van der Waals surface area contributed by atoms with Crippen molar-refractivity contribution in [2.45, 2.75) is 45.9 Å². The summed E-state index contributed by atoms with van der Waals surface area (Å²) >= 11 is 0. The molecule has 1 saturated heterocycles. The number of aromatic nitrogens is 2. The Kier molecular flexibility index (Phi) is 6.96. The van der Waals surface area contributed by atoms with Gasteiger partial charge < -0.3 is 10.2 Å². The molecule has 1 aliphatic rings. The maximum atomic E-state index is 13.4. The molecule has 1 fully saturated rings. The largest absolute Gasteiger partial charge is 0.354 e. The van der Waals surface area contributed by atoms with Gasteiger partial charge in [-0.05, 0) is 68.5 Å². The van der Waals surface area contributed by atoms with Gasteiger partial charge in [-0.2, -0.15) is 4.31 Å². The molecule has 3 rings (SSSR count). The number of carbonyl (C=O) groups excluding carboxylic acids is 1. The van der Waals surface area contributed by atoms with Crippen molar-refractivity contribution in [1.82, 2.24) is 19.2 Å². The second-order valence-corrected chi connectivity index (χ2v) is 9.86. The zero-order chi connectivity index (χ0) is 22.8. The first-order chi connectivity index (χ1) is 14.6. The summed E-state index contributed by atoms with van der Waals surface area (Å²) in [6, 6.07) is 1.73. The van der Waals surface area contributed by atoms with E-state index >= 15 is 0 Å². The molecule has 8 nitrogen and oxygen atoms in total. The number of piperazine rings is 1. The maximum absolute atomic E-state index is 13.4. The van der Waals surface area contributed by atoms with Crippen molar-refractivity contribution >= 4 is 21.9 Å². The SMILES string of the molecule is Cc1c(C)c(C)c(S(=O)(=O)N2CCN(C(=O)CCNc3ncccn3)CC2)c(C)c1C. The average Bonchev–Trinajstić information content (AvgIpc) is 2.77. The number of benzene rings is 1. The van der Waals surface area contributed by atoms with Gasteiger partial charge in [-0.25, -0.2) is 18.4 Å². The van der Waals surface area contributed by atoms with Crippen LogP contribution in [0.25, 0.3) is 0 Å². The lowest BCUT2D eigenvalue weighted by atomic mass is 9.95. The summed E-state index contributed by atoms with van der Waals surface area (Å²) in [5, 5.41) is 3.02. The smallest absolute Gasteiger partial charge is 0.243 e. The third-order valence-electron chi connectivity index (χ3n) is 6.31. The second kappa shape index (κ2) is 9.32. The normalized spacial score (nSPS) is 15.2. The summed E-state index contributed by atoms with van der Waals surface area (Å²) in [6.45, 7) is 11.6. The molecule has 0 spiro atoms. The molecule has 1 N–H and O–H groups in total. The molecule has 0 saturated carbocycles. The van der Waals surface area contributed by atoms with E-state index in [0.29, 0.717) is 50.0 Å². The number of hydrogen-bond donors (Lipinski definition) is 1. The summed E-state index contributed by atoms with van der Waals surface area (Å²) in [6.07, 6.45) is 3.58. The molecule has 0 bridgehead atoms. The number of anilines is 1. The molecular formula is C22H31N5O3S. The van der Waals surface area contributed by atoms with Gasteiger partial charge in [0.15, 0.2) is 0 Å². The van der Waals surface area contributed by atoms with E-state index in [9.17, 15) is 13.2 Å². The highest BCUT2D eigenvalue weighted by Gasteiger charge is 2.33. The van der Waals surface area contributed by atoms with Crippen LogP contribution in [0.15, 0.2) is 23.4 Å². The molecule has 0 unspecified atom stereocenters. The molecule has 2 aromatic rings. The first kappa shape index (κ1) is 23.1. The van der Waals surface area contributed by atoms with E-state index in [1.807, 2.05) is 34.6 Å². The number of nitrogens with zero attached hydrogens (tertiary/aromatic N) is 4. The molecule has 31 heavy (non-hydrogen) atoms. The monoisotopic (exact) mass is 445 g/mol. The van der Waals surface area contributed by atoms with Crippen LogP contribution in [0.5, 0.6) is 0 Å². The topological polar surface area (TPSA) is 95.5 Å². The quantitative estimate of drug-likeness (QED) is 0.733. The van der Waals surface area contributed by atoms with Crippen LogP contribution in [0.2, 0.25) is 0 Å². The van der Waals surface area contributed by atoms with Gasteiger partial charge in [-0.3, -0.25) is 4.79 Å². The zero-order valence-corrected chi connectivity index (χ0v) is 19.7. The van der Waals surface area contributed by atoms with Crippen LogP contribution in [0.3, 0.4) is 0 Å². The predicted octanol–water partition coefficient (Wildman–Crippen LogP) is 2.35. The molecule has 168 valence electrons. The first-order valence-electron chi connectivity index (χ1n) is 10.5.